The molecule has 0 radical (unpaired) electrons. The molecule has 84 heavy (non-hydrogen) atoms. The third-order valence-corrected chi connectivity index (χ3v) is 12.4. The quantitative estimate of drug-likeness (QED) is 0.0266. The molecule has 6 rings (SSSR count). The molecule has 0 saturated carbocycles. The summed E-state index contributed by atoms with van der Waals surface area (Å²) in [7, 11) is 0. The Hall–Kier alpha value is -10.4. The normalized spacial score (nSPS) is 10.5. The molecule has 0 fully saturated rings. The van der Waals surface area contributed by atoms with Crippen LogP contribution in [-0.4, -0.2) is 101 Å². The smallest absolute Gasteiger partial charge is 0.338 e. The van der Waals surface area contributed by atoms with Crippen LogP contribution < -0.4 is 9.80 Å². The van der Waals surface area contributed by atoms with Gasteiger partial charge in [0.15, 0.2) is 0 Å². The van der Waals surface area contributed by atoms with Gasteiger partial charge in [-0.05, 0) is 185 Å². The molecule has 18 heteroatoms. The predicted octanol–water partition coefficient (Wildman–Crippen LogP) is 12.0. The molecule has 0 aromatic heterocycles. The van der Waals surface area contributed by atoms with E-state index in [1.54, 1.807) is 125 Å². The minimum Gasteiger partial charge on any atom is -0.463 e. The number of esters is 8. The molecule has 6 aromatic carbocycles. The van der Waals surface area contributed by atoms with E-state index in [2.05, 4.69) is 26.3 Å². The van der Waals surface area contributed by atoms with Crippen molar-refractivity contribution in [1.29, 1.82) is 0 Å². The highest BCUT2D eigenvalue weighted by Crippen LogP contribution is 2.41. The lowest BCUT2D eigenvalue weighted by molar-refractivity contribution is -0.139. The van der Waals surface area contributed by atoms with Gasteiger partial charge in [0.1, 0.15) is 26.4 Å². The Morgan fingerprint density at radius 1 is 0.321 bits per heavy atom. The third kappa shape index (κ3) is 16.4. The lowest BCUT2D eigenvalue weighted by atomic mass is 9.98. The predicted molar refractivity (Wildman–Crippen MR) is 315 cm³/mol. The van der Waals surface area contributed by atoms with Crippen LogP contribution in [0.25, 0.3) is 11.1 Å². The van der Waals surface area contributed by atoms with Crippen LogP contribution in [0.4, 0.5) is 34.1 Å². The molecule has 6 aromatic rings. The summed E-state index contributed by atoms with van der Waals surface area (Å²) in [6, 6.07) is 38.4. The Morgan fingerprint density at radius 2 is 0.536 bits per heavy atom. The molecule has 0 spiro atoms. The van der Waals surface area contributed by atoms with Crippen LogP contribution in [0.5, 0.6) is 0 Å². The van der Waals surface area contributed by atoms with Crippen molar-refractivity contribution in [2.45, 2.75) is 41.5 Å². The first-order valence-electron chi connectivity index (χ1n) is 26.6. The topological polar surface area (TPSA) is 217 Å². The van der Waals surface area contributed by atoms with Gasteiger partial charge in [0.25, 0.3) is 0 Å². The molecule has 0 aliphatic rings. The SMILES string of the molecule is C=C(COC(=O)c1ccc(N(c2ccc(C(=O)OCC(=C)C(=O)OCC)cc2)c2ccc(-c3ccc(N(c4ccc(C(=O)OCC(=C)C(=O)OCC)cc4)c4ccc(C(=O)OCC(=C)C(=O)OCC)cc4)c(C)c3)cc2C)cc1)C(=O)OCC. The molecule has 0 N–H and O–H groups in total. The summed E-state index contributed by atoms with van der Waals surface area (Å²) in [5.41, 5.74) is 8.23. The van der Waals surface area contributed by atoms with Gasteiger partial charge >= 0.3 is 47.8 Å². The number of benzene rings is 6. The molecule has 0 bridgehead atoms. The second kappa shape index (κ2) is 29.9. The maximum Gasteiger partial charge on any atom is 0.338 e. The molecule has 0 unspecified atom stereocenters. The Kier molecular flexibility index (Phi) is 22.4. The number of carbonyl (C=O) groups is 8. The van der Waals surface area contributed by atoms with E-state index in [-0.39, 0.29) is 97.4 Å². The van der Waals surface area contributed by atoms with E-state index in [9.17, 15) is 38.4 Å². The van der Waals surface area contributed by atoms with Crippen molar-refractivity contribution in [2.24, 2.45) is 0 Å². The standard InChI is InChI=1S/C66H64N2O16/c1-11-77-59(69)43(7)37-81-63(73)47-15-25-53(26-16-47)67(54-27-17-48(18-28-54)64(74)82-38-44(8)60(70)78-12-2)57-33-23-51(35-41(57)5)52-24-34-58(42(6)36-52)68(55-29-19-49(20-30-55)65(75)83-39-45(9)61(71)79-13-3)56-31-21-50(22-32-56)66(76)84-40-46(10)62(72)80-14-4/h15-36H,7-14,37-40H2,1-6H3. The van der Waals surface area contributed by atoms with Gasteiger partial charge in [0, 0.05) is 34.1 Å². The average Bonchev–Trinajstić information content (AvgIpc) is 3.67. The molecular formula is C66H64N2O16. The highest BCUT2D eigenvalue weighted by molar-refractivity contribution is 5.96. The van der Waals surface area contributed by atoms with E-state index in [0.29, 0.717) is 22.7 Å². The first-order chi connectivity index (χ1) is 40.3. The number of carbonyl (C=O) groups excluding carboxylic acids is 8. The lowest BCUT2D eigenvalue weighted by Gasteiger charge is -2.28. The number of hydrogen-bond acceptors (Lipinski definition) is 18. The largest absolute Gasteiger partial charge is 0.463 e. The molecule has 0 atom stereocenters. The van der Waals surface area contributed by atoms with E-state index >= 15 is 0 Å². The van der Waals surface area contributed by atoms with Gasteiger partial charge in [-0.3, -0.25) is 0 Å². The van der Waals surface area contributed by atoms with Crippen molar-refractivity contribution in [2.75, 3.05) is 62.7 Å². The van der Waals surface area contributed by atoms with Crippen LogP contribution in [0.3, 0.4) is 0 Å². The number of nitrogens with zero attached hydrogens (tertiary/aromatic N) is 2. The average molecular weight is 1140 g/mol. The van der Waals surface area contributed by atoms with Gasteiger partial charge < -0.3 is 47.7 Å². The van der Waals surface area contributed by atoms with Crippen molar-refractivity contribution in [1.82, 2.24) is 0 Å². The Balaban J connectivity index is 1.32. The monoisotopic (exact) mass is 1140 g/mol. The van der Waals surface area contributed by atoms with E-state index in [0.717, 1.165) is 33.6 Å². The molecule has 0 saturated heterocycles. The Morgan fingerprint density at radius 3 is 0.726 bits per heavy atom. The first-order valence-corrected chi connectivity index (χ1v) is 26.6. The zero-order valence-corrected chi connectivity index (χ0v) is 47.6. The number of aryl methyl sites for hydroxylation is 2. The minimum atomic E-state index is -0.683. The van der Waals surface area contributed by atoms with Crippen LogP contribution in [0.1, 0.15) is 80.3 Å². The summed E-state index contributed by atoms with van der Waals surface area (Å²) in [4.78, 5) is 105. The van der Waals surface area contributed by atoms with E-state index < -0.39 is 47.8 Å². The number of rotatable bonds is 27. The minimum absolute atomic E-state index is 0.0123. The van der Waals surface area contributed by atoms with E-state index in [1.165, 1.54) is 0 Å². The summed E-state index contributed by atoms with van der Waals surface area (Å²) < 4.78 is 41.2. The van der Waals surface area contributed by atoms with Gasteiger partial charge in [-0.1, -0.05) is 38.4 Å². The van der Waals surface area contributed by atoms with E-state index in [1.807, 2.05) is 60.0 Å². The summed E-state index contributed by atoms with van der Waals surface area (Å²) in [6.45, 7) is 24.3. The molecule has 0 aliphatic heterocycles. The van der Waals surface area contributed by atoms with E-state index in [4.69, 9.17) is 37.9 Å². The van der Waals surface area contributed by atoms with Crippen molar-refractivity contribution in [3.8, 4) is 11.1 Å². The molecule has 0 amide bonds. The fourth-order valence-corrected chi connectivity index (χ4v) is 8.12. The summed E-state index contributed by atoms with van der Waals surface area (Å²) in [6.07, 6.45) is 0. The Bertz CT molecular complexity index is 3060. The molecule has 0 heterocycles. The second-order valence-electron chi connectivity index (χ2n) is 18.5. The van der Waals surface area contributed by atoms with Crippen LogP contribution in [0, 0.1) is 13.8 Å². The summed E-state index contributed by atoms with van der Waals surface area (Å²) in [5, 5.41) is 0. The van der Waals surface area contributed by atoms with Gasteiger partial charge in [0.2, 0.25) is 0 Å². The summed E-state index contributed by atoms with van der Waals surface area (Å²) >= 11 is 0. The van der Waals surface area contributed by atoms with Crippen LogP contribution >= 0.6 is 0 Å². The van der Waals surface area contributed by atoms with Crippen molar-refractivity contribution >= 4 is 81.9 Å². The summed E-state index contributed by atoms with van der Waals surface area (Å²) in [5.74, 6) is -5.40. The lowest BCUT2D eigenvalue weighted by Crippen LogP contribution is -2.16. The first kappa shape index (κ1) is 62.8. The third-order valence-electron chi connectivity index (χ3n) is 12.4. The van der Waals surface area contributed by atoms with Gasteiger partial charge in [-0.2, -0.15) is 0 Å². The molecule has 0 aliphatic carbocycles. The fourth-order valence-electron chi connectivity index (χ4n) is 8.12. The number of hydrogen-bond donors (Lipinski definition) is 0. The van der Waals surface area contributed by atoms with Crippen molar-refractivity contribution in [3.63, 3.8) is 0 Å². The zero-order valence-electron chi connectivity index (χ0n) is 47.6. The highest BCUT2D eigenvalue weighted by Gasteiger charge is 2.23. The Labute approximate surface area is 487 Å². The number of anilines is 6. The second-order valence-corrected chi connectivity index (χ2v) is 18.5. The maximum atomic E-state index is 13.1. The van der Waals surface area contributed by atoms with Crippen LogP contribution in [0.15, 0.2) is 182 Å². The van der Waals surface area contributed by atoms with Gasteiger partial charge in [-0.25, -0.2) is 38.4 Å². The van der Waals surface area contributed by atoms with Gasteiger partial charge in [-0.15, -0.1) is 0 Å². The zero-order chi connectivity index (χ0) is 61.0. The van der Waals surface area contributed by atoms with Crippen LogP contribution in [-0.2, 0) is 57.1 Å². The van der Waals surface area contributed by atoms with Crippen molar-refractivity contribution < 1.29 is 76.3 Å². The fraction of sp³-hybridized carbons (Fsp3) is 0.212. The van der Waals surface area contributed by atoms with Gasteiger partial charge in [0.05, 0.1) is 71.0 Å². The van der Waals surface area contributed by atoms with Crippen LogP contribution in [0.2, 0.25) is 0 Å². The molecule has 434 valence electrons. The van der Waals surface area contributed by atoms with Crippen molar-refractivity contribution in [3.05, 3.63) is 215 Å². The maximum absolute atomic E-state index is 13.1. The molecular weight excluding hydrogens is 1080 g/mol. The number of ether oxygens (including phenoxy) is 8. The highest BCUT2D eigenvalue weighted by atomic mass is 16.6. The molecule has 18 nitrogen and oxygen atoms in total.